The largest absolute Gasteiger partial charge is 0.336 e. The van der Waals surface area contributed by atoms with Crippen LogP contribution >= 0.6 is 0 Å². The van der Waals surface area contributed by atoms with Crippen LogP contribution in [0.5, 0.6) is 0 Å². The van der Waals surface area contributed by atoms with Gasteiger partial charge in [0.05, 0.1) is 0 Å². The second-order valence-electron chi connectivity index (χ2n) is 7.51. The molecule has 0 aromatic heterocycles. The van der Waals surface area contributed by atoms with Crippen molar-refractivity contribution >= 4 is 12.1 Å². The first-order valence-electron chi connectivity index (χ1n) is 7.16. The minimum atomic E-state index is -0.240. The summed E-state index contributed by atoms with van der Waals surface area (Å²) < 4.78 is 0. The van der Waals surface area contributed by atoms with Gasteiger partial charge in [0, 0.05) is 25.7 Å². The van der Waals surface area contributed by atoms with E-state index in [0.29, 0.717) is 24.5 Å². The lowest BCUT2D eigenvalue weighted by molar-refractivity contribution is 0.125. The number of carbonyl (C=O) groups excluding carboxylic acids is 2. The number of likely N-dealkylation sites (tertiary alicyclic amines) is 1. The second-order valence-corrected chi connectivity index (χ2v) is 7.51. The number of fused-ring (bicyclic) bond motifs is 2. The van der Waals surface area contributed by atoms with Gasteiger partial charge in [0.2, 0.25) is 0 Å². The lowest BCUT2D eigenvalue weighted by Crippen LogP contribution is -2.47. The van der Waals surface area contributed by atoms with Crippen molar-refractivity contribution in [3.05, 3.63) is 0 Å². The van der Waals surface area contributed by atoms with E-state index in [9.17, 15) is 9.59 Å². The van der Waals surface area contributed by atoms with Gasteiger partial charge in [-0.15, -0.1) is 0 Å². The van der Waals surface area contributed by atoms with E-state index in [1.807, 2.05) is 4.90 Å². The Kier molecular flexibility index (Phi) is 2.60. The molecule has 2 atom stereocenters. The lowest BCUT2D eigenvalue weighted by Gasteiger charge is -2.39. The molecule has 2 bridgehead atoms. The number of nitrogens with zero attached hydrogens (tertiary/aromatic N) is 2. The summed E-state index contributed by atoms with van der Waals surface area (Å²) in [6.45, 7) is 8.72. The van der Waals surface area contributed by atoms with Crippen LogP contribution in [0, 0.1) is 10.8 Å². The number of hydrogen-bond acceptors (Lipinski definition) is 2. The molecule has 0 aromatic carbocycles. The molecule has 0 aromatic rings. The molecule has 3 fully saturated rings. The van der Waals surface area contributed by atoms with Crippen LogP contribution in [0.3, 0.4) is 0 Å². The van der Waals surface area contributed by atoms with E-state index in [0.717, 1.165) is 25.8 Å². The van der Waals surface area contributed by atoms with Crippen LogP contribution in [0.25, 0.3) is 0 Å². The highest BCUT2D eigenvalue weighted by atomic mass is 16.2. The first-order chi connectivity index (χ1) is 8.80. The fraction of sp³-hybridized carbons (Fsp3) is 0.857. The normalized spacial score (nSPS) is 36.6. The maximum atomic E-state index is 12.5. The lowest BCUT2D eigenvalue weighted by atomic mass is 9.65. The summed E-state index contributed by atoms with van der Waals surface area (Å²) in [5.41, 5.74) is 0.512. The van der Waals surface area contributed by atoms with Gasteiger partial charge in [-0.25, -0.2) is 14.5 Å². The summed E-state index contributed by atoms with van der Waals surface area (Å²) in [7, 11) is 0. The SMILES string of the molecule is CC1(C)CC2CC(C)(CN2C(=O)N2CCNC2=O)C1. The van der Waals surface area contributed by atoms with Crippen molar-refractivity contribution in [1.82, 2.24) is 15.1 Å². The van der Waals surface area contributed by atoms with E-state index in [1.54, 1.807) is 0 Å². The Balaban J connectivity index is 1.80. The predicted molar refractivity (Wildman–Crippen MR) is 71.7 cm³/mol. The molecular formula is C14H23N3O2. The Labute approximate surface area is 114 Å². The highest BCUT2D eigenvalue weighted by Gasteiger charge is 2.52. The van der Waals surface area contributed by atoms with Crippen molar-refractivity contribution in [1.29, 1.82) is 0 Å². The van der Waals surface area contributed by atoms with Gasteiger partial charge in [0.15, 0.2) is 0 Å². The summed E-state index contributed by atoms with van der Waals surface area (Å²) in [6, 6.07) is -0.0352. The van der Waals surface area contributed by atoms with E-state index in [4.69, 9.17) is 0 Å². The molecule has 1 aliphatic carbocycles. The molecule has 2 aliphatic heterocycles. The van der Waals surface area contributed by atoms with Crippen LogP contribution in [0.2, 0.25) is 0 Å². The third-order valence-electron chi connectivity index (χ3n) is 4.75. The van der Waals surface area contributed by atoms with Gasteiger partial charge < -0.3 is 10.2 Å². The zero-order valence-electron chi connectivity index (χ0n) is 12.0. The topological polar surface area (TPSA) is 52.7 Å². The second kappa shape index (κ2) is 3.87. The Hall–Kier alpha value is -1.26. The average Bonchev–Trinajstić information content (AvgIpc) is 2.78. The Bertz CT molecular complexity index is 434. The molecule has 1 saturated carbocycles. The number of imide groups is 1. The van der Waals surface area contributed by atoms with Crippen molar-refractivity contribution in [2.45, 2.75) is 46.1 Å². The molecule has 0 radical (unpaired) electrons. The number of amides is 4. The van der Waals surface area contributed by atoms with Crippen molar-refractivity contribution in [2.75, 3.05) is 19.6 Å². The Morgan fingerprint density at radius 1 is 1.32 bits per heavy atom. The molecular weight excluding hydrogens is 242 g/mol. The molecule has 1 N–H and O–H groups in total. The number of nitrogens with one attached hydrogen (secondary N) is 1. The van der Waals surface area contributed by atoms with Gasteiger partial charge >= 0.3 is 12.1 Å². The average molecular weight is 265 g/mol. The standard InChI is InChI=1S/C14H23N3O2/c1-13(2)6-10-7-14(3,8-13)9-17(10)12(19)16-5-4-15-11(16)18/h10H,4-9H2,1-3H3,(H,15,18). The summed E-state index contributed by atoms with van der Waals surface area (Å²) in [4.78, 5) is 27.5. The fourth-order valence-electron chi connectivity index (χ4n) is 4.49. The van der Waals surface area contributed by atoms with Gasteiger partial charge in [0.1, 0.15) is 0 Å². The molecule has 3 aliphatic rings. The highest BCUT2D eigenvalue weighted by Crippen LogP contribution is 2.52. The molecule has 0 spiro atoms. The molecule has 2 unspecified atom stereocenters. The zero-order valence-corrected chi connectivity index (χ0v) is 12.0. The predicted octanol–water partition coefficient (Wildman–Crippen LogP) is 2.03. The highest BCUT2D eigenvalue weighted by molar-refractivity contribution is 5.95. The number of carbonyl (C=O) groups is 2. The van der Waals surface area contributed by atoms with Crippen molar-refractivity contribution in [2.24, 2.45) is 10.8 Å². The summed E-state index contributed by atoms with van der Waals surface area (Å²) in [5, 5.41) is 2.70. The molecule has 3 rings (SSSR count). The van der Waals surface area contributed by atoms with E-state index in [-0.39, 0.29) is 17.5 Å². The smallest absolute Gasteiger partial charge is 0.328 e. The molecule has 2 saturated heterocycles. The first-order valence-corrected chi connectivity index (χ1v) is 7.16. The van der Waals surface area contributed by atoms with Gasteiger partial charge in [0.25, 0.3) is 0 Å². The van der Waals surface area contributed by atoms with Crippen LogP contribution in [-0.4, -0.2) is 47.5 Å². The monoisotopic (exact) mass is 265 g/mol. The van der Waals surface area contributed by atoms with Gasteiger partial charge in [-0.3, -0.25) is 0 Å². The first kappa shape index (κ1) is 12.8. The Morgan fingerprint density at radius 2 is 2.05 bits per heavy atom. The maximum Gasteiger partial charge on any atom is 0.328 e. The molecule has 106 valence electrons. The number of hydrogen-bond donors (Lipinski definition) is 1. The minimum Gasteiger partial charge on any atom is -0.336 e. The Morgan fingerprint density at radius 3 is 2.68 bits per heavy atom. The van der Waals surface area contributed by atoms with Crippen LogP contribution in [0.4, 0.5) is 9.59 Å². The van der Waals surface area contributed by atoms with Crippen LogP contribution in [0.1, 0.15) is 40.0 Å². The van der Waals surface area contributed by atoms with E-state index in [1.165, 1.54) is 4.90 Å². The van der Waals surface area contributed by atoms with E-state index in [2.05, 4.69) is 26.1 Å². The fourth-order valence-corrected chi connectivity index (χ4v) is 4.49. The minimum absolute atomic E-state index is 0.0959. The molecule has 4 amide bonds. The van der Waals surface area contributed by atoms with Gasteiger partial charge in [-0.05, 0) is 30.1 Å². The van der Waals surface area contributed by atoms with Crippen molar-refractivity contribution in [3.63, 3.8) is 0 Å². The van der Waals surface area contributed by atoms with Crippen molar-refractivity contribution in [3.8, 4) is 0 Å². The molecule has 5 nitrogen and oxygen atoms in total. The maximum absolute atomic E-state index is 12.5. The summed E-state index contributed by atoms with van der Waals surface area (Å²) in [6.07, 6.45) is 3.29. The van der Waals surface area contributed by atoms with Crippen LogP contribution < -0.4 is 5.32 Å². The zero-order chi connectivity index (χ0) is 13.8. The van der Waals surface area contributed by atoms with E-state index < -0.39 is 0 Å². The quantitative estimate of drug-likeness (QED) is 0.728. The molecule has 2 heterocycles. The third kappa shape index (κ3) is 2.09. The van der Waals surface area contributed by atoms with Crippen molar-refractivity contribution < 1.29 is 9.59 Å². The van der Waals surface area contributed by atoms with Crippen LogP contribution in [0.15, 0.2) is 0 Å². The number of rotatable bonds is 0. The summed E-state index contributed by atoms with van der Waals surface area (Å²) >= 11 is 0. The molecule has 5 heteroatoms. The van der Waals surface area contributed by atoms with Gasteiger partial charge in [-0.2, -0.15) is 0 Å². The third-order valence-corrected chi connectivity index (χ3v) is 4.75. The molecule has 19 heavy (non-hydrogen) atoms. The number of urea groups is 2. The van der Waals surface area contributed by atoms with E-state index >= 15 is 0 Å². The van der Waals surface area contributed by atoms with Crippen LogP contribution in [-0.2, 0) is 0 Å². The van der Waals surface area contributed by atoms with Gasteiger partial charge in [-0.1, -0.05) is 20.8 Å². The summed E-state index contributed by atoms with van der Waals surface area (Å²) in [5.74, 6) is 0.